The molecule has 1 saturated heterocycles. The van der Waals surface area contributed by atoms with E-state index in [2.05, 4.69) is 26.5 Å². The van der Waals surface area contributed by atoms with E-state index in [0.29, 0.717) is 11.4 Å². The van der Waals surface area contributed by atoms with Gasteiger partial charge in [0, 0.05) is 31.1 Å². The summed E-state index contributed by atoms with van der Waals surface area (Å²) in [5, 5.41) is 0. The number of piperazine rings is 1. The number of alkyl halides is 3. The number of guanidine groups is 1. The van der Waals surface area contributed by atoms with Crippen molar-refractivity contribution in [2.75, 3.05) is 45.8 Å². The molecule has 25 heavy (non-hydrogen) atoms. The summed E-state index contributed by atoms with van der Waals surface area (Å²) in [5.74, 6) is 0.717. The summed E-state index contributed by atoms with van der Waals surface area (Å²) in [5.41, 5.74) is 0. The second kappa shape index (κ2) is 7.74. The molecule has 1 fully saturated rings. The van der Waals surface area contributed by atoms with Crippen molar-refractivity contribution in [3.8, 4) is 5.75 Å². The number of aliphatic imine (C=N–C) groups is 1. The van der Waals surface area contributed by atoms with Crippen molar-refractivity contribution in [3.63, 3.8) is 0 Å². The van der Waals surface area contributed by atoms with E-state index in [1.165, 1.54) is 24.1 Å². The number of hydrogen-bond donors (Lipinski definition) is 0. The summed E-state index contributed by atoms with van der Waals surface area (Å²) >= 11 is 1.40. The zero-order valence-corrected chi connectivity index (χ0v) is 14.8. The van der Waals surface area contributed by atoms with E-state index < -0.39 is 6.36 Å². The molecule has 0 spiro atoms. The monoisotopic (exact) mass is 374 g/mol. The van der Waals surface area contributed by atoms with Gasteiger partial charge >= 0.3 is 6.36 Å². The van der Waals surface area contributed by atoms with Gasteiger partial charge in [-0.1, -0.05) is 13.0 Å². The summed E-state index contributed by atoms with van der Waals surface area (Å²) < 4.78 is 43.2. The van der Waals surface area contributed by atoms with Crippen LogP contribution in [0.2, 0.25) is 0 Å². The highest BCUT2D eigenvalue weighted by atomic mass is 32.2. The molecule has 0 amide bonds. The quantitative estimate of drug-likeness (QED) is 0.757. The third-order valence-electron chi connectivity index (χ3n) is 4.14. The van der Waals surface area contributed by atoms with Crippen LogP contribution in [0, 0.1) is 0 Å². The maximum absolute atomic E-state index is 12.4. The van der Waals surface area contributed by atoms with Crippen LogP contribution in [0.5, 0.6) is 5.75 Å². The fourth-order valence-electron chi connectivity index (χ4n) is 2.88. The fraction of sp³-hybridized carbons (Fsp3) is 0.562. The van der Waals surface area contributed by atoms with Gasteiger partial charge in [0.1, 0.15) is 5.75 Å². The molecule has 1 aromatic carbocycles. The predicted molar refractivity (Wildman–Crippen MR) is 91.7 cm³/mol. The van der Waals surface area contributed by atoms with Crippen LogP contribution in [0.25, 0.3) is 0 Å². The van der Waals surface area contributed by atoms with E-state index in [1.54, 1.807) is 12.1 Å². The summed E-state index contributed by atoms with van der Waals surface area (Å²) in [6.07, 6.45) is -4.68. The van der Waals surface area contributed by atoms with Crippen LogP contribution < -0.4 is 4.74 Å². The minimum absolute atomic E-state index is 0.202. The Balaban J connectivity index is 1.63. The van der Waals surface area contributed by atoms with Gasteiger partial charge in [0.2, 0.25) is 5.96 Å². The van der Waals surface area contributed by atoms with Gasteiger partial charge in [-0.3, -0.25) is 9.30 Å². The average molecular weight is 374 g/mol. The normalized spacial score (nSPS) is 19.3. The molecule has 2 aliphatic rings. The summed E-state index contributed by atoms with van der Waals surface area (Å²) in [4.78, 5) is 9.93. The van der Waals surface area contributed by atoms with Gasteiger partial charge in [-0.05, 0) is 36.7 Å². The number of likely N-dealkylation sites (N-methyl/N-ethyl adjacent to an activating group) is 1. The molecule has 9 heteroatoms. The Bertz CT molecular complexity index is 618. The molecular weight excluding hydrogens is 353 g/mol. The molecule has 0 aliphatic carbocycles. The van der Waals surface area contributed by atoms with Gasteiger partial charge in [-0.15, -0.1) is 13.2 Å². The van der Waals surface area contributed by atoms with E-state index in [0.717, 1.165) is 45.2 Å². The first-order chi connectivity index (χ1) is 11.9. The smallest absolute Gasteiger partial charge is 0.406 e. The third-order valence-corrected chi connectivity index (χ3v) is 5.17. The number of halogens is 3. The van der Waals surface area contributed by atoms with Crippen LogP contribution >= 0.6 is 11.9 Å². The van der Waals surface area contributed by atoms with E-state index in [4.69, 9.17) is 0 Å². The largest absolute Gasteiger partial charge is 0.573 e. The second-order valence-corrected chi connectivity index (χ2v) is 6.91. The van der Waals surface area contributed by atoms with Crippen molar-refractivity contribution in [1.82, 2.24) is 14.1 Å². The molecule has 0 bridgehead atoms. The minimum Gasteiger partial charge on any atom is -0.406 e. The standard InChI is InChI=1S/C16H21F3N4OS/c1-2-21-8-10-22(11-9-21)15-20-6-7-23(15)25-14-5-3-4-13(12-14)24-16(17,18)19/h3-5,12H,2,6-11H2,1H3. The molecule has 0 N–H and O–H groups in total. The van der Waals surface area contributed by atoms with Crippen molar-refractivity contribution in [1.29, 1.82) is 0 Å². The molecule has 0 atom stereocenters. The minimum atomic E-state index is -4.68. The van der Waals surface area contributed by atoms with Crippen molar-refractivity contribution in [2.24, 2.45) is 4.99 Å². The predicted octanol–water partition coefficient (Wildman–Crippen LogP) is 2.90. The molecule has 0 unspecified atom stereocenters. The van der Waals surface area contributed by atoms with E-state index >= 15 is 0 Å². The lowest BCUT2D eigenvalue weighted by Crippen LogP contribution is -2.51. The number of benzene rings is 1. The van der Waals surface area contributed by atoms with Gasteiger partial charge in [0.05, 0.1) is 13.1 Å². The third kappa shape index (κ3) is 4.94. The highest BCUT2D eigenvalue weighted by Crippen LogP contribution is 2.31. The molecule has 0 radical (unpaired) electrons. The summed E-state index contributed by atoms with van der Waals surface area (Å²) in [6, 6.07) is 6.05. The van der Waals surface area contributed by atoms with E-state index in [9.17, 15) is 13.2 Å². The van der Waals surface area contributed by atoms with Gasteiger partial charge in [-0.25, -0.2) is 0 Å². The number of hydrogen-bond acceptors (Lipinski definition) is 6. The highest BCUT2D eigenvalue weighted by Gasteiger charge is 2.31. The maximum atomic E-state index is 12.4. The van der Waals surface area contributed by atoms with Crippen LogP contribution in [0.3, 0.4) is 0 Å². The number of nitrogens with zero attached hydrogens (tertiary/aromatic N) is 4. The van der Waals surface area contributed by atoms with Crippen LogP contribution in [0.15, 0.2) is 34.2 Å². The van der Waals surface area contributed by atoms with Crippen LogP contribution in [-0.4, -0.2) is 72.2 Å². The maximum Gasteiger partial charge on any atom is 0.573 e. The van der Waals surface area contributed by atoms with Gasteiger partial charge < -0.3 is 14.5 Å². The first kappa shape index (κ1) is 18.2. The molecule has 3 rings (SSSR count). The highest BCUT2D eigenvalue weighted by molar-refractivity contribution is 7.97. The Labute approximate surface area is 149 Å². The van der Waals surface area contributed by atoms with E-state index in [1.807, 2.05) is 4.31 Å². The summed E-state index contributed by atoms with van der Waals surface area (Å²) in [6.45, 7) is 8.49. The zero-order valence-electron chi connectivity index (χ0n) is 14.0. The van der Waals surface area contributed by atoms with E-state index in [-0.39, 0.29) is 5.75 Å². The van der Waals surface area contributed by atoms with Crippen molar-refractivity contribution in [3.05, 3.63) is 24.3 Å². The molecule has 0 saturated carbocycles. The van der Waals surface area contributed by atoms with Crippen molar-refractivity contribution < 1.29 is 17.9 Å². The van der Waals surface area contributed by atoms with Crippen LogP contribution in [0.4, 0.5) is 13.2 Å². The molecule has 1 aromatic rings. The van der Waals surface area contributed by atoms with Crippen LogP contribution in [0.1, 0.15) is 6.92 Å². The van der Waals surface area contributed by atoms with Gasteiger partial charge in [0.25, 0.3) is 0 Å². The molecule has 2 aliphatic heterocycles. The Morgan fingerprint density at radius 2 is 1.92 bits per heavy atom. The lowest BCUT2D eigenvalue weighted by Gasteiger charge is -2.37. The molecule has 0 aromatic heterocycles. The second-order valence-electron chi connectivity index (χ2n) is 5.82. The molecular formula is C16H21F3N4OS. The fourth-order valence-corrected chi connectivity index (χ4v) is 3.87. The number of rotatable bonds is 4. The van der Waals surface area contributed by atoms with Crippen molar-refractivity contribution >= 4 is 17.9 Å². The van der Waals surface area contributed by atoms with Gasteiger partial charge in [-0.2, -0.15) is 0 Å². The first-order valence-electron chi connectivity index (χ1n) is 8.27. The van der Waals surface area contributed by atoms with Gasteiger partial charge in [0.15, 0.2) is 0 Å². The van der Waals surface area contributed by atoms with Crippen molar-refractivity contribution in [2.45, 2.75) is 18.2 Å². The number of ether oxygens (including phenoxy) is 1. The summed E-state index contributed by atoms with van der Waals surface area (Å²) in [7, 11) is 0. The lowest BCUT2D eigenvalue weighted by atomic mass is 10.3. The Hall–Kier alpha value is -1.61. The molecule has 2 heterocycles. The Morgan fingerprint density at radius 1 is 1.16 bits per heavy atom. The lowest BCUT2D eigenvalue weighted by molar-refractivity contribution is -0.274. The molecule has 138 valence electrons. The zero-order chi connectivity index (χ0) is 17.9. The molecule has 5 nitrogen and oxygen atoms in total. The SMILES string of the molecule is CCN1CCN(C2=NCCN2Sc2cccc(OC(F)(F)F)c2)CC1. The Kier molecular flexibility index (Phi) is 5.63. The topological polar surface area (TPSA) is 31.3 Å². The first-order valence-corrected chi connectivity index (χ1v) is 9.05. The van der Waals surface area contributed by atoms with Crippen LogP contribution in [-0.2, 0) is 0 Å². The Morgan fingerprint density at radius 3 is 2.60 bits per heavy atom. The average Bonchev–Trinajstić information content (AvgIpc) is 3.02.